The van der Waals surface area contributed by atoms with Crippen molar-refractivity contribution in [1.82, 2.24) is 10.3 Å². The summed E-state index contributed by atoms with van der Waals surface area (Å²) < 4.78 is 0. The van der Waals surface area contributed by atoms with E-state index in [0.29, 0.717) is 18.2 Å². The number of anilines is 1. The molecule has 2 atom stereocenters. The zero-order valence-electron chi connectivity index (χ0n) is 10.0. The van der Waals surface area contributed by atoms with E-state index in [1.807, 2.05) is 6.92 Å². The number of hydrogen-bond acceptors (Lipinski definition) is 4. The van der Waals surface area contributed by atoms with Gasteiger partial charge in [-0.05, 0) is 24.6 Å². The quantitative estimate of drug-likeness (QED) is 0.728. The average molecular weight is 249 g/mol. The molecule has 18 heavy (non-hydrogen) atoms. The summed E-state index contributed by atoms with van der Waals surface area (Å²) in [6.07, 6.45) is 1.36. The van der Waals surface area contributed by atoms with Gasteiger partial charge in [0, 0.05) is 6.54 Å². The summed E-state index contributed by atoms with van der Waals surface area (Å²) in [5.41, 5.74) is 0.480. The minimum Gasteiger partial charge on any atom is -0.477 e. The molecule has 1 fully saturated rings. The number of nitrogens with zero attached hydrogens (tertiary/aromatic N) is 1. The van der Waals surface area contributed by atoms with E-state index in [2.05, 4.69) is 15.6 Å². The van der Waals surface area contributed by atoms with Crippen LogP contribution in [0.15, 0.2) is 18.3 Å². The summed E-state index contributed by atoms with van der Waals surface area (Å²) >= 11 is 0. The molecular formula is C12H15N3O3. The predicted molar refractivity (Wildman–Crippen MR) is 65.3 cm³/mol. The molecule has 1 aromatic rings. The Hall–Kier alpha value is -1.95. The van der Waals surface area contributed by atoms with E-state index in [4.69, 9.17) is 5.11 Å². The number of carbonyl (C=O) groups excluding carboxylic acids is 1. The molecule has 0 spiro atoms. The number of rotatable bonds is 3. The Balaban J connectivity index is 2.00. The maximum absolute atomic E-state index is 11.9. The summed E-state index contributed by atoms with van der Waals surface area (Å²) in [5.74, 6) is -0.890. The summed E-state index contributed by atoms with van der Waals surface area (Å²) in [4.78, 5) is 26.3. The number of aromatic nitrogens is 1. The highest BCUT2D eigenvalue weighted by atomic mass is 16.4. The topological polar surface area (TPSA) is 91.3 Å². The van der Waals surface area contributed by atoms with Crippen LogP contribution in [0.4, 0.5) is 5.69 Å². The molecule has 2 heterocycles. The number of carboxylic acid groups (broad SMARTS) is 1. The number of hydrogen-bond donors (Lipinski definition) is 3. The van der Waals surface area contributed by atoms with Crippen LogP contribution in [0, 0.1) is 11.8 Å². The standard InChI is InChI=1S/C12H15N3O3/c1-7-4-13-6-9(7)11(16)15-8-2-3-10(12(17)18)14-5-8/h2-3,5,7,9,13H,4,6H2,1H3,(H,15,16)(H,17,18). The van der Waals surface area contributed by atoms with Gasteiger partial charge in [0.05, 0.1) is 17.8 Å². The molecule has 1 aromatic heterocycles. The lowest BCUT2D eigenvalue weighted by Gasteiger charge is -2.13. The van der Waals surface area contributed by atoms with Crippen LogP contribution in [-0.2, 0) is 4.79 Å². The fraction of sp³-hybridized carbons (Fsp3) is 0.417. The number of carboxylic acids is 1. The molecule has 6 nitrogen and oxygen atoms in total. The van der Waals surface area contributed by atoms with Gasteiger partial charge in [0.2, 0.25) is 5.91 Å². The maximum atomic E-state index is 11.9. The van der Waals surface area contributed by atoms with Gasteiger partial charge in [-0.15, -0.1) is 0 Å². The molecule has 96 valence electrons. The third-order valence-corrected chi connectivity index (χ3v) is 3.10. The third kappa shape index (κ3) is 2.65. The zero-order chi connectivity index (χ0) is 13.1. The first-order valence-corrected chi connectivity index (χ1v) is 5.79. The van der Waals surface area contributed by atoms with Gasteiger partial charge in [-0.2, -0.15) is 0 Å². The van der Waals surface area contributed by atoms with Crippen LogP contribution in [0.1, 0.15) is 17.4 Å². The SMILES string of the molecule is CC1CNCC1C(=O)Nc1ccc(C(=O)O)nc1. The van der Waals surface area contributed by atoms with E-state index in [-0.39, 0.29) is 17.5 Å². The Morgan fingerprint density at radius 1 is 1.44 bits per heavy atom. The second-order valence-corrected chi connectivity index (χ2v) is 4.47. The summed E-state index contributed by atoms with van der Waals surface area (Å²) in [6, 6.07) is 2.91. The van der Waals surface area contributed by atoms with Crippen LogP contribution in [0.5, 0.6) is 0 Å². The normalized spacial score (nSPS) is 22.7. The van der Waals surface area contributed by atoms with Gasteiger partial charge in [0.1, 0.15) is 5.69 Å². The van der Waals surface area contributed by atoms with Crippen LogP contribution >= 0.6 is 0 Å². The highest BCUT2D eigenvalue weighted by Gasteiger charge is 2.29. The molecule has 0 saturated carbocycles. The molecule has 0 bridgehead atoms. The summed E-state index contributed by atoms with van der Waals surface area (Å²) in [7, 11) is 0. The highest BCUT2D eigenvalue weighted by molar-refractivity contribution is 5.93. The van der Waals surface area contributed by atoms with Crippen LogP contribution in [-0.4, -0.2) is 35.1 Å². The molecule has 3 N–H and O–H groups in total. The van der Waals surface area contributed by atoms with Crippen molar-refractivity contribution >= 4 is 17.6 Å². The van der Waals surface area contributed by atoms with Crippen molar-refractivity contribution in [2.45, 2.75) is 6.92 Å². The molecule has 1 aliphatic heterocycles. The van der Waals surface area contributed by atoms with Gasteiger partial charge in [-0.25, -0.2) is 9.78 Å². The highest BCUT2D eigenvalue weighted by Crippen LogP contribution is 2.18. The van der Waals surface area contributed by atoms with Gasteiger partial charge in [-0.1, -0.05) is 6.92 Å². The van der Waals surface area contributed by atoms with Crippen molar-refractivity contribution in [2.75, 3.05) is 18.4 Å². The minimum absolute atomic E-state index is 0.0381. The number of pyridine rings is 1. The van der Waals surface area contributed by atoms with Crippen molar-refractivity contribution in [1.29, 1.82) is 0 Å². The van der Waals surface area contributed by atoms with E-state index < -0.39 is 5.97 Å². The summed E-state index contributed by atoms with van der Waals surface area (Å²) in [5, 5.41) is 14.6. The maximum Gasteiger partial charge on any atom is 0.354 e. The monoisotopic (exact) mass is 249 g/mol. The number of nitrogens with one attached hydrogen (secondary N) is 2. The molecule has 0 aliphatic carbocycles. The smallest absolute Gasteiger partial charge is 0.354 e. The molecule has 0 radical (unpaired) electrons. The van der Waals surface area contributed by atoms with E-state index in [0.717, 1.165) is 6.54 Å². The van der Waals surface area contributed by atoms with E-state index in [1.54, 1.807) is 6.07 Å². The fourth-order valence-corrected chi connectivity index (χ4v) is 1.99. The van der Waals surface area contributed by atoms with E-state index >= 15 is 0 Å². The molecule has 1 saturated heterocycles. The lowest BCUT2D eigenvalue weighted by molar-refractivity contribution is -0.120. The van der Waals surface area contributed by atoms with Gasteiger partial charge in [0.25, 0.3) is 0 Å². The lowest BCUT2D eigenvalue weighted by Crippen LogP contribution is -2.27. The van der Waals surface area contributed by atoms with Crippen molar-refractivity contribution in [3.63, 3.8) is 0 Å². The van der Waals surface area contributed by atoms with Crippen LogP contribution in [0.2, 0.25) is 0 Å². The molecular weight excluding hydrogens is 234 g/mol. The van der Waals surface area contributed by atoms with Crippen molar-refractivity contribution < 1.29 is 14.7 Å². The van der Waals surface area contributed by atoms with Crippen LogP contribution in [0.25, 0.3) is 0 Å². The number of aromatic carboxylic acids is 1. The number of amides is 1. The molecule has 6 heteroatoms. The largest absolute Gasteiger partial charge is 0.477 e. The van der Waals surface area contributed by atoms with Crippen LogP contribution in [0.3, 0.4) is 0 Å². The third-order valence-electron chi connectivity index (χ3n) is 3.10. The van der Waals surface area contributed by atoms with Crippen LogP contribution < -0.4 is 10.6 Å². The second-order valence-electron chi connectivity index (χ2n) is 4.47. The Morgan fingerprint density at radius 2 is 2.22 bits per heavy atom. The Labute approximate surface area is 104 Å². The van der Waals surface area contributed by atoms with E-state index in [9.17, 15) is 9.59 Å². The lowest BCUT2D eigenvalue weighted by atomic mass is 9.97. The molecule has 0 aromatic carbocycles. The second kappa shape index (κ2) is 5.14. The van der Waals surface area contributed by atoms with Crippen molar-refractivity contribution in [3.05, 3.63) is 24.0 Å². The molecule has 2 rings (SSSR count). The van der Waals surface area contributed by atoms with Gasteiger partial charge >= 0.3 is 5.97 Å². The molecule has 1 amide bonds. The first kappa shape index (κ1) is 12.5. The van der Waals surface area contributed by atoms with Crippen molar-refractivity contribution in [3.8, 4) is 0 Å². The van der Waals surface area contributed by atoms with Gasteiger partial charge in [0.15, 0.2) is 0 Å². The van der Waals surface area contributed by atoms with Gasteiger partial charge in [-0.3, -0.25) is 4.79 Å². The first-order valence-electron chi connectivity index (χ1n) is 5.79. The first-order chi connectivity index (χ1) is 8.58. The predicted octanol–water partition coefficient (Wildman–Crippen LogP) is 0.574. The average Bonchev–Trinajstić information content (AvgIpc) is 2.76. The number of carbonyl (C=O) groups is 2. The zero-order valence-corrected chi connectivity index (χ0v) is 10.0. The fourth-order valence-electron chi connectivity index (χ4n) is 1.99. The molecule has 1 aliphatic rings. The Bertz CT molecular complexity index is 458. The molecule has 2 unspecified atom stereocenters. The van der Waals surface area contributed by atoms with Crippen molar-refractivity contribution in [2.24, 2.45) is 11.8 Å². The Kier molecular flexibility index (Phi) is 3.57. The minimum atomic E-state index is -1.08. The summed E-state index contributed by atoms with van der Waals surface area (Å²) in [6.45, 7) is 3.54. The Morgan fingerprint density at radius 3 is 2.72 bits per heavy atom. The van der Waals surface area contributed by atoms with Gasteiger partial charge < -0.3 is 15.7 Å². The van der Waals surface area contributed by atoms with E-state index in [1.165, 1.54) is 12.3 Å².